The van der Waals surface area contributed by atoms with E-state index in [0.717, 1.165) is 6.54 Å². The number of hydrogen-bond acceptors (Lipinski definition) is 3. The molecule has 14 heavy (non-hydrogen) atoms. The molecule has 1 unspecified atom stereocenters. The van der Waals surface area contributed by atoms with Gasteiger partial charge in [0, 0.05) is 18.5 Å². The molecule has 4 nitrogen and oxygen atoms in total. The largest absolute Gasteiger partial charge is 0.409 e. The molecule has 0 aliphatic heterocycles. The van der Waals surface area contributed by atoms with Crippen LogP contribution in [0.1, 0.15) is 32.6 Å². The van der Waals surface area contributed by atoms with Gasteiger partial charge in [0.05, 0.1) is 0 Å². The third-order valence-electron chi connectivity index (χ3n) is 3.13. The van der Waals surface area contributed by atoms with Gasteiger partial charge in [-0.25, -0.2) is 0 Å². The van der Waals surface area contributed by atoms with Crippen molar-refractivity contribution in [3.8, 4) is 0 Å². The fourth-order valence-electron chi connectivity index (χ4n) is 2.12. The van der Waals surface area contributed by atoms with Gasteiger partial charge in [0.1, 0.15) is 5.84 Å². The Balaban J connectivity index is 2.35. The topological polar surface area (TPSA) is 61.8 Å². The zero-order valence-electron chi connectivity index (χ0n) is 9.11. The third-order valence-corrected chi connectivity index (χ3v) is 3.13. The lowest BCUT2D eigenvalue weighted by Crippen LogP contribution is -2.37. The van der Waals surface area contributed by atoms with Crippen molar-refractivity contribution in [1.29, 1.82) is 0 Å². The third kappa shape index (κ3) is 2.87. The molecule has 0 saturated heterocycles. The maximum atomic E-state index is 8.53. The second-order valence-electron chi connectivity index (χ2n) is 4.30. The van der Waals surface area contributed by atoms with Crippen LogP contribution in [0.5, 0.6) is 0 Å². The quantitative estimate of drug-likeness (QED) is 0.310. The predicted octanol–water partition coefficient (Wildman–Crippen LogP) is 1.24. The lowest BCUT2D eigenvalue weighted by Gasteiger charge is -2.26. The molecule has 1 aliphatic rings. The van der Waals surface area contributed by atoms with Crippen molar-refractivity contribution in [2.75, 3.05) is 13.6 Å². The molecule has 1 rings (SSSR count). The molecule has 0 radical (unpaired) electrons. The van der Waals surface area contributed by atoms with Gasteiger partial charge in [0.15, 0.2) is 0 Å². The van der Waals surface area contributed by atoms with E-state index in [2.05, 4.69) is 17.1 Å². The molecule has 82 valence electrons. The van der Waals surface area contributed by atoms with Gasteiger partial charge in [-0.05, 0) is 19.9 Å². The van der Waals surface area contributed by atoms with Crippen LogP contribution in [0, 0.1) is 5.92 Å². The van der Waals surface area contributed by atoms with Crippen LogP contribution in [0.15, 0.2) is 5.16 Å². The molecule has 0 amide bonds. The zero-order chi connectivity index (χ0) is 10.6. The Kier molecular flexibility index (Phi) is 4.20. The van der Waals surface area contributed by atoms with Crippen molar-refractivity contribution in [3.05, 3.63) is 0 Å². The van der Waals surface area contributed by atoms with Crippen LogP contribution in [0.2, 0.25) is 0 Å². The molecule has 0 aromatic heterocycles. The van der Waals surface area contributed by atoms with Crippen molar-refractivity contribution < 1.29 is 5.21 Å². The first-order valence-corrected chi connectivity index (χ1v) is 5.32. The van der Waals surface area contributed by atoms with Crippen LogP contribution in [-0.4, -0.2) is 35.6 Å². The van der Waals surface area contributed by atoms with E-state index in [1.165, 1.54) is 25.7 Å². The summed E-state index contributed by atoms with van der Waals surface area (Å²) in [7, 11) is 2.12. The van der Waals surface area contributed by atoms with E-state index >= 15 is 0 Å². The van der Waals surface area contributed by atoms with E-state index in [0.29, 0.717) is 11.9 Å². The summed E-state index contributed by atoms with van der Waals surface area (Å²) in [6.45, 7) is 2.86. The summed E-state index contributed by atoms with van der Waals surface area (Å²) in [5, 5.41) is 11.6. The maximum Gasteiger partial charge on any atom is 0.143 e. The first-order chi connectivity index (χ1) is 6.65. The van der Waals surface area contributed by atoms with E-state index in [9.17, 15) is 0 Å². The molecular formula is C10H21N3O. The minimum absolute atomic E-state index is 0.130. The van der Waals surface area contributed by atoms with Gasteiger partial charge in [0.2, 0.25) is 0 Å². The highest BCUT2D eigenvalue weighted by Crippen LogP contribution is 2.22. The second-order valence-corrected chi connectivity index (χ2v) is 4.30. The van der Waals surface area contributed by atoms with E-state index in [1.54, 1.807) is 0 Å². The molecule has 1 atom stereocenters. The fourth-order valence-corrected chi connectivity index (χ4v) is 2.12. The Morgan fingerprint density at radius 1 is 1.57 bits per heavy atom. The Morgan fingerprint density at radius 2 is 2.14 bits per heavy atom. The summed E-state index contributed by atoms with van der Waals surface area (Å²) in [5.41, 5.74) is 5.54. The fraction of sp³-hybridized carbons (Fsp3) is 0.900. The Labute approximate surface area is 85.8 Å². The highest BCUT2D eigenvalue weighted by atomic mass is 16.4. The zero-order valence-corrected chi connectivity index (χ0v) is 9.11. The van der Waals surface area contributed by atoms with Crippen molar-refractivity contribution in [2.24, 2.45) is 16.8 Å². The number of rotatable bonds is 4. The molecule has 4 heteroatoms. The first-order valence-electron chi connectivity index (χ1n) is 5.32. The van der Waals surface area contributed by atoms with Gasteiger partial charge in [-0.1, -0.05) is 24.9 Å². The number of oxime groups is 1. The standard InChI is InChI=1S/C10H21N3O/c1-8(10(11)12-14)7-13(2)9-5-3-4-6-9/h8-9,14H,3-7H2,1-2H3,(H2,11,12). The van der Waals surface area contributed by atoms with Crippen LogP contribution < -0.4 is 5.73 Å². The van der Waals surface area contributed by atoms with E-state index in [-0.39, 0.29) is 5.92 Å². The molecular weight excluding hydrogens is 178 g/mol. The molecule has 3 N–H and O–H groups in total. The average molecular weight is 199 g/mol. The summed E-state index contributed by atoms with van der Waals surface area (Å²) in [5.74, 6) is 0.459. The number of amidine groups is 1. The van der Waals surface area contributed by atoms with E-state index in [4.69, 9.17) is 10.9 Å². The van der Waals surface area contributed by atoms with Gasteiger partial charge in [-0.2, -0.15) is 0 Å². The molecule has 1 aliphatic carbocycles. The van der Waals surface area contributed by atoms with Crippen LogP contribution in [0.4, 0.5) is 0 Å². The normalized spacial score (nSPS) is 21.8. The van der Waals surface area contributed by atoms with Crippen molar-refractivity contribution in [1.82, 2.24) is 4.90 Å². The van der Waals surface area contributed by atoms with Crippen molar-refractivity contribution in [2.45, 2.75) is 38.6 Å². The van der Waals surface area contributed by atoms with Crippen LogP contribution in [0.25, 0.3) is 0 Å². The van der Waals surface area contributed by atoms with E-state index < -0.39 is 0 Å². The molecule has 0 heterocycles. The van der Waals surface area contributed by atoms with Gasteiger partial charge in [0.25, 0.3) is 0 Å². The summed E-state index contributed by atoms with van der Waals surface area (Å²) in [4.78, 5) is 2.33. The van der Waals surface area contributed by atoms with E-state index in [1.807, 2.05) is 6.92 Å². The smallest absolute Gasteiger partial charge is 0.143 e. The van der Waals surface area contributed by atoms with Gasteiger partial charge in [-0.15, -0.1) is 0 Å². The monoisotopic (exact) mass is 199 g/mol. The Hall–Kier alpha value is -0.770. The molecule has 0 bridgehead atoms. The van der Waals surface area contributed by atoms with Crippen molar-refractivity contribution in [3.63, 3.8) is 0 Å². The van der Waals surface area contributed by atoms with Gasteiger partial charge >= 0.3 is 0 Å². The van der Waals surface area contributed by atoms with Crippen LogP contribution >= 0.6 is 0 Å². The second kappa shape index (κ2) is 5.20. The van der Waals surface area contributed by atoms with Crippen LogP contribution in [0.3, 0.4) is 0 Å². The minimum atomic E-state index is 0.130. The summed E-state index contributed by atoms with van der Waals surface area (Å²) >= 11 is 0. The maximum absolute atomic E-state index is 8.53. The summed E-state index contributed by atoms with van der Waals surface area (Å²) in [6.07, 6.45) is 5.26. The minimum Gasteiger partial charge on any atom is -0.409 e. The van der Waals surface area contributed by atoms with Gasteiger partial charge in [-0.3, -0.25) is 0 Å². The number of nitrogens with two attached hydrogens (primary N) is 1. The highest BCUT2D eigenvalue weighted by Gasteiger charge is 2.21. The molecule has 0 spiro atoms. The number of hydrogen-bond donors (Lipinski definition) is 2. The van der Waals surface area contributed by atoms with Crippen LogP contribution in [-0.2, 0) is 0 Å². The predicted molar refractivity (Wildman–Crippen MR) is 57.5 cm³/mol. The lowest BCUT2D eigenvalue weighted by molar-refractivity contribution is 0.229. The van der Waals surface area contributed by atoms with Gasteiger partial charge < -0.3 is 15.8 Å². The summed E-state index contributed by atoms with van der Waals surface area (Å²) < 4.78 is 0. The summed E-state index contributed by atoms with van der Waals surface area (Å²) in [6, 6.07) is 0.698. The van der Waals surface area contributed by atoms with Crippen molar-refractivity contribution >= 4 is 5.84 Å². The SMILES string of the molecule is CC(CN(C)C1CCCC1)/C(N)=N/O. The molecule has 0 aromatic carbocycles. The Bertz CT molecular complexity index is 200. The Morgan fingerprint density at radius 3 is 2.64 bits per heavy atom. The lowest BCUT2D eigenvalue weighted by atomic mass is 10.1. The average Bonchev–Trinajstić information content (AvgIpc) is 2.69. The molecule has 0 aromatic rings. The number of nitrogens with zero attached hydrogens (tertiary/aromatic N) is 2. The molecule has 1 fully saturated rings. The highest BCUT2D eigenvalue weighted by molar-refractivity contribution is 5.82. The molecule has 1 saturated carbocycles. The first kappa shape index (κ1) is 11.3.